The third kappa shape index (κ3) is 2.56. The molecule has 0 bridgehead atoms. The lowest BCUT2D eigenvalue weighted by Gasteiger charge is -2.29. The number of hydrogen-bond acceptors (Lipinski definition) is 5. The van der Waals surface area contributed by atoms with Gasteiger partial charge < -0.3 is 15.0 Å². The third-order valence-corrected chi connectivity index (χ3v) is 3.26. The number of fused-ring (bicyclic) bond motifs is 1. The van der Waals surface area contributed by atoms with Gasteiger partial charge in [0.2, 0.25) is 0 Å². The topological polar surface area (TPSA) is 50.3 Å². The molecule has 1 atom stereocenters. The fourth-order valence-electron chi connectivity index (χ4n) is 2.12. The minimum Gasteiger partial charge on any atom is -0.383 e. The molecule has 1 aliphatic rings. The predicted octanol–water partition coefficient (Wildman–Crippen LogP) is 0.593. The Bertz CT molecular complexity index is 383. The Morgan fingerprint density at radius 3 is 3.12 bits per heavy atom. The highest BCUT2D eigenvalue weighted by Gasteiger charge is 2.20. The van der Waals surface area contributed by atoms with Crippen molar-refractivity contribution in [1.82, 2.24) is 15.3 Å². The van der Waals surface area contributed by atoms with E-state index in [1.807, 2.05) is 0 Å². The Balaban J connectivity index is 2.25. The third-order valence-electron chi connectivity index (χ3n) is 3.26. The number of hydrogen-bond donors (Lipinski definition) is 1. The summed E-state index contributed by atoms with van der Waals surface area (Å²) in [6.45, 7) is 4.69. The number of aromatic nitrogens is 2. The lowest BCUT2D eigenvalue weighted by Crippen LogP contribution is -2.36. The fraction of sp³-hybridized carbons (Fsp3) is 0.667. The smallest absolute Gasteiger partial charge is 0.136 e. The minimum absolute atomic E-state index is 0.306. The van der Waals surface area contributed by atoms with Crippen LogP contribution >= 0.6 is 0 Å². The van der Waals surface area contributed by atoms with Crippen molar-refractivity contribution < 1.29 is 4.74 Å². The summed E-state index contributed by atoms with van der Waals surface area (Å²) in [7, 11) is 3.78. The van der Waals surface area contributed by atoms with Gasteiger partial charge in [0, 0.05) is 39.2 Å². The summed E-state index contributed by atoms with van der Waals surface area (Å²) in [5, 5.41) is 3.37. The standard InChI is InChI=1S/C12H20N4O/c1-9(7-17-3)16(2)12-10-6-13-5-4-11(10)14-8-15-12/h8-9,13H,4-7H2,1-3H3. The maximum Gasteiger partial charge on any atom is 0.136 e. The van der Waals surface area contributed by atoms with Gasteiger partial charge in [0.05, 0.1) is 18.3 Å². The van der Waals surface area contributed by atoms with Gasteiger partial charge in [-0.15, -0.1) is 0 Å². The molecule has 0 fully saturated rings. The van der Waals surface area contributed by atoms with E-state index in [9.17, 15) is 0 Å². The SMILES string of the molecule is COCC(C)N(C)c1ncnc2c1CNCC2. The van der Waals surface area contributed by atoms with Gasteiger partial charge in [0.1, 0.15) is 12.1 Å². The number of methoxy groups -OCH3 is 1. The van der Waals surface area contributed by atoms with Gasteiger partial charge in [-0.05, 0) is 6.92 Å². The summed E-state index contributed by atoms with van der Waals surface area (Å²) in [5.41, 5.74) is 2.40. The van der Waals surface area contributed by atoms with E-state index in [4.69, 9.17) is 4.74 Å². The second-order valence-corrected chi connectivity index (χ2v) is 4.46. The molecule has 1 N–H and O–H groups in total. The zero-order chi connectivity index (χ0) is 12.3. The van der Waals surface area contributed by atoms with Crippen molar-refractivity contribution in [3.8, 4) is 0 Å². The first-order valence-corrected chi connectivity index (χ1v) is 5.99. The monoisotopic (exact) mass is 236 g/mol. The first kappa shape index (κ1) is 12.3. The maximum absolute atomic E-state index is 5.19. The largest absolute Gasteiger partial charge is 0.383 e. The van der Waals surface area contributed by atoms with Gasteiger partial charge in [-0.25, -0.2) is 9.97 Å². The number of rotatable bonds is 4. The second-order valence-electron chi connectivity index (χ2n) is 4.46. The number of likely N-dealkylation sites (N-methyl/N-ethyl adjacent to an activating group) is 1. The van der Waals surface area contributed by atoms with Crippen molar-refractivity contribution in [2.24, 2.45) is 0 Å². The van der Waals surface area contributed by atoms with Gasteiger partial charge >= 0.3 is 0 Å². The molecule has 0 saturated carbocycles. The van der Waals surface area contributed by atoms with Gasteiger partial charge in [0.25, 0.3) is 0 Å². The normalized spacial score (nSPS) is 16.4. The summed E-state index contributed by atoms with van der Waals surface area (Å²) in [4.78, 5) is 10.9. The van der Waals surface area contributed by atoms with E-state index in [2.05, 4.69) is 34.2 Å². The quantitative estimate of drug-likeness (QED) is 0.829. The first-order valence-electron chi connectivity index (χ1n) is 5.99. The van der Waals surface area contributed by atoms with Crippen LogP contribution in [-0.4, -0.2) is 43.3 Å². The number of nitrogens with zero attached hydrogens (tertiary/aromatic N) is 3. The molecule has 0 spiro atoms. The summed E-state index contributed by atoms with van der Waals surface area (Å²) < 4.78 is 5.19. The van der Waals surface area contributed by atoms with E-state index in [1.165, 1.54) is 11.3 Å². The van der Waals surface area contributed by atoms with Crippen LogP contribution in [0.4, 0.5) is 5.82 Å². The Labute approximate surface area is 102 Å². The van der Waals surface area contributed by atoms with E-state index in [0.29, 0.717) is 12.6 Å². The lowest BCUT2D eigenvalue weighted by atomic mass is 10.1. The zero-order valence-electron chi connectivity index (χ0n) is 10.7. The zero-order valence-corrected chi connectivity index (χ0v) is 10.7. The second kappa shape index (κ2) is 5.42. The van der Waals surface area contributed by atoms with Crippen LogP contribution in [0.2, 0.25) is 0 Å². The minimum atomic E-state index is 0.306. The van der Waals surface area contributed by atoms with E-state index >= 15 is 0 Å². The molecule has 0 aromatic carbocycles. The van der Waals surface area contributed by atoms with Gasteiger partial charge in [-0.3, -0.25) is 0 Å². The van der Waals surface area contributed by atoms with Crippen molar-refractivity contribution in [3.05, 3.63) is 17.6 Å². The molecule has 1 unspecified atom stereocenters. The Hall–Kier alpha value is -1.20. The Morgan fingerprint density at radius 1 is 1.53 bits per heavy atom. The molecule has 1 aromatic rings. The van der Waals surface area contributed by atoms with E-state index in [1.54, 1.807) is 13.4 Å². The number of ether oxygens (including phenoxy) is 1. The molecular formula is C12H20N4O. The highest BCUT2D eigenvalue weighted by molar-refractivity contribution is 5.49. The van der Waals surface area contributed by atoms with Crippen LogP contribution in [-0.2, 0) is 17.7 Å². The summed E-state index contributed by atoms with van der Waals surface area (Å²) in [5.74, 6) is 1.02. The van der Waals surface area contributed by atoms with Crippen molar-refractivity contribution in [2.45, 2.75) is 25.9 Å². The van der Waals surface area contributed by atoms with E-state index in [-0.39, 0.29) is 0 Å². The molecular weight excluding hydrogens is 216 g/mol. The summed E-state index contributed by atoms with van der Waals surface area (Å²) in [6, 6.07) is 0.306. The van der Waals surface area contributed by atoms with Crippen LogP contribution in [0, 0.1) is 0 Å². The molecule has 0 saturated heterocycles. The molecule has 94 valence electrons. The molecule has 0 radical (unpaired) electrons. The lowest BCUT2D eigenvalue weighted by molar-refractivity contribution is 0.183. The maximum atomic E-state index is 5.19. The molecule has 0 aliphatic carbocycles. The van der Waals surface area contributed by atoms with Crippen LogP contribution < -0.4 is 10.2 Å². The average molecular weight is 236 g/mol. The van der Waals surface area contributed by atoms with Crippen LogP contribution in [0.25, 0.3) is 0 Å². The molecule has 2 heterocycles. The first-order chi connectivity index (χ1) is 8.24. The Kier molecular flexibility index (Phi) is 3.91. The predicted molar refractivity (Wildman–Crippen MR) is 67.2 cm³/mol. The molecule has 1 aliphatic heterocycles. The highest BCUT2D eigenvalue weighted by Crippen LogP contribution is 2.22. The molecule has 0 amide bonds. The van der Waals surface area contributed by atoms with Crippen LogP contribution in [0.3, 0.4) is 0 Å². The molecule has 1 aromatic heterocycles. The van der Waals surface area contributed by atoms with Gasteiger partial charge in [0.15, 0.2) is 0 Å². The van der Waals surface area contributed by atoms with Crippen molar-refractivity contribution in [2.75, 3.05) is 32.2 Å². The summed E-state index contributed by atoms with van der Waals surface area (Å²) >= 11 is 0. The molecule has 2 rings (SSSR count). The molecule has 5 heteroatoms. The number of anilines is 1. The number of nitrogens with one attached hydrogen (secondary N) is 1. The van der Waals surface area contributed by atoms with Crippen LogP contribution in [0.15, 0.2) is 6.33 Å². The van der Waals surface area contributed by atoms with Crippen LogP contribution in [0.5, 0.6) is 0 Å². The van der Waals surface area contributed by atoms with Gasteiger partial charge in [-0.2, -0.15) is 0 Å². The van der Waals surface area contributed by atoms with Crippen molar-refractivity contribution >= 4 is 5.82 Å². The Morgan fingerprint density at radius 2 is 2.35 bits per heavy atom. The van der Waals surface area contributed by atoms with E-state index in [0.717, 1.165) is 25.3 Å². The summed E-state index contributed by atoms with van der Waals surface area (Å²) in [6.07, 6.45) is 2.65. The van der Waals surface area contributed by atoms with Gasteiger partial charge in [-0.1, -0.05) is 0 Å². The van der Waals surface area contributed by atoms with Crippen molar-refractivity contribution in [1.29, 1.82) is 0 Å². The van der Waals surface area contributed by atoms with Crippen LogP contribution in [0.1, 0.15) is 18.2 Å². The van der Waals surface area contributed by atoms with Crippen molar-refractivity contribution in [3.63, 3.8) is 0 Å². The molecule has 5 nitrogen and oxygen atoms in total. The average Bonchev–Trinajstić information content (AvgIpc) is 2.37. The van der Waals surface area contributed by atoms with E-state index < -0.39 is 0 Å². The highest BCUT2D eigenvalue weighted by atomic mass is 16.5. The fourth-order valence-corrected chi connectivity index (χ4v) is 2.12. The molecule has 17 heavy (non-hydrogen) atoms.